The molecule has 1 saturated heterocycles. The zero-order valence-electron chi connectivity index (χ0n) is 16.0. The number of benzene rings is 1. The highest BCUT2D eigenvalue weighted by molar-refractivity contribution is 5.85. The van der Waals surface area contributed by atoms with E-state index in [1.54, 1.807) is 14.2 Å². The quantitative estimate of drug-likeness (QED) is 0.686. The molecule has 0 aromatic heterocycles. The zero-order valence-corrected chi connectivity index (χ0v) is 16.0. The maximum Gasteiger partial charge on any atom is 0.225 e. The van der Waals surface area contributed by atoms with Crippen molar-refractivity contribution in [1.82, 2.24) is 10.2 Å². The van der Waals surface area contributed by atoms with Gasteiger partial charge in [-0.15, -0.1) is 0 Å². The number of carbonyl (C=O) groups excluding carboxylic acids is 2. The number of hydrogen-bond donors (Lipinski definition) is 1. The van der Waals surface area contributed by atoms with Gasteiger partial charge in [0.25, 0.3) is 0 Å². The molecule has 1 heterocycles. The van der Waals surface area contributed by atoms with Crippen molar-refractivity contribution >= 4 is 11.8 Å². The number of piperidine rings is 1. The van der Waals surface area contributed by atoms with Gasteiger partial charge in [0.2, 0.25) is 11.8 Å². The average molecular weight is 362 g/mol. The Bertz CT molecular complexity index is 605. The molecule has 6 nitrogen and oxygen atoms in total. The van der Waals surface area contributed by atoms with Crippen LogP contribution < -0.4 is 10.1 Å². The third kappa shape index (κ3) is 4.75. The second kappa shape index (κ2) is 10.2. The first-order valence-electron chi connectivity index (χ1n) is 9.33. The molecule has 1 N–H and O–H groups in total. The molecule has 2 rings (SSSR count). The Labute approximate surface area is 155 Å². The van der Waals surface area contributed by atoms with E-state index in [4.69, 9.17) is 9.47 Å². The molecule has 1 aromatic rings. The van der Waals surface area contributed by atoms with Crippen LogP contribution in [0.1, 0.15) is 44.2 Å². The van der Waals surface area contributed by atoms with Gasteiger partial charge in [-0.25, -0.2) is 0 Å². The number of para-hydroxylation sites is 1. The Morgan fingerprint density at radius 3 is 2.77 bits per heavy atom. The van der Waals surface area contributed by atoms with Crippen LogP contribution in [0.3, 0.4) is 0 Å². The van der Waals surface area contributed by atoms with E-state index in [9.17, 15) is 9.59 Å². The smallest absolute Gasteiger partial charge is 0.225 e. The Balaban J connectivity index is 2.35. The lowest BCUT2D eigenvalue weighted by Crippen LogP contribution is -2.48. The van der Waals surface area contributed by atoms with Gasteiger partial charge in [-0.1, -0.05) is 31.5 Å². The van der Waals surface area contributed by atoms with Crippen molar-refractivity contribution in [3.8, 4) is 5.75 Å². The molecule has 1 aliphatic rings. The first-order chi connectivity index (χ1) is 12.6. The number of hydrogen-bond acceptors (Lipinski definition) is 4. The summed E-state index contributed by atoms with van der Waals surface area (Å²) in [4.78, 5) is 27.3. The SMILES string of the molecule is CCCCN1C(=O)CCC(C(=O)NCCOC)C1c1ccccc1OC. The van der Waals surface area contributed by atoms with Crippen LogP contribution >= 0.6 is 0 Å². The lowest BCUT2D eigenvalue weighted by molar-refractivity contribution is -0.143. The molecule has 1 fully saturated rings. The van der Waals surface area contributed by atoms with Crippen molar-refractivity contribution < 1.29 is 19.1 Å². The van der Waals surface area contributed by atoms with E-state index < -0.39 is 0 Å². The van der Waals surface area contributed by atoms with Crippen LogP contribution in [0.25, 0.3) is 0 Å². The molecule has 2 amide bonds. The molecule has 0 spiro atoms. The predicted molar refractivity (Wildman–Crippen MR) is 100.0 cm³/mol. The van der Waals surface area contributed by atoms with E-state index in [-0.39, 0.29) is 23.8 Å². The molecule has 6 heteroatoms. The minimum absolute atomic E-state index is 0.0352. The number of nitrogens with one attached hydrogen (secondary N) is 1. The maximum atomic E-state index is 12.8. The highest BCUT2D eigenvalue weighted by Gasteiger charge is 2.41. The zero-order chi connectivity index (χ0) is 18.9. The van der Waals surface area contributed by atoms with E-state index in [1.807, 2.05) is 29.2 Å². The van der Waals surface area contributed by atoms with Crippen molar-refractivity contribution in [1.29, 1.82) is 0 Å². The van der Waals surface area contributed by atoms with Crippen LogP contribution in [0.5, 0.6) is 5.75 Å². The monoisotopic (exact) mass is 362 g/mol. The standard InChI is InChI=1S/C20H30N2O4/c1-4-5-13-22-18(23)11-10-16(20(24)21-12-14-25-2)19(22)15-8-6-7-9-17(15)26-3/h6-9,16,19H,4-5,10-14H2,1-3H3,(H,21,24). The summed E-state index contributed by atoms with van der Waals surface area (Å²) in [5.41, 5.74) is 0.894. The number of rotatable bonds is 9. The van der Waals surface area contributed by atoms with Gasteiger partial charge in [0.1, 0.15) is 5.75 Å². The van der Waals surface area contributed by atoms with E-state index in [1.165, 1.54) is 0 Å². The molecule has 144 valence electrons. The minimum Gasteiger partial charge on any atom is -0.496 e. The van der Waals surface area contributed by atoms with Gasteiger partial charge in [0.15, 0.2) is 0 Å². The molecule has 2 unspecified atom stereocenters. The van der Waals surface area contributed by atoms with Gasteiger partial charge in [-0.2, -0.15) is 0 Å². The molecular weight excluding hydrogens is 332 g/mol. The molecular formula is C20H30N2O4. The number of carbonyl (C=O) groups is 2. The van der Waals surface area contributed by atoms with Crippen molar-refractivity contribution in [3.05, 3.63) is 29.8 Å². The van der Waals surface area contributed by atoms with E-state index >= 15 is 0 Å². The summed E-state index contributed by atoms with van der Waals surface area (Å²) in [7, 11) is 3.23. The fraction of sp³-hybridized carbons (Fsp3) is 0.600. The van der Waals surface area contributed by atoms with Gasteiger partial charge in [0.05, 0.1) is 25.7 Å². The Kier molecular flexibility index (Phi) is 7.91. The van der Waals surface area contributed by atoms with Gasteiger partial charge in [0, 0.05) is 32.2 Å². The van der Waals surface area contributed by atoms with Crippen molar-refractivity contribution in [2.45, 2.75) is 38.6 Å². The number of methoxy groups -OCH3 is 2. The topological polar surface area (TPSA) is 67.9 Å². The second-order valence-electron chi connectivity index (χ2n) is 6.56. The second-order valence-corrected chi connectivity index (χ2v) is 6.56. The number of unbranched alkanes of at least 4 members (excludes halogenated alkanes) is 1. The fourth-order valence-corrected chi connectivity index (χ4v) is 3.52. The molecule has 1 aromatic carbocycles. The van der Waals surface area contributed by atoms with Gasteiger partial charge < -0.3 is 19.7 Å². The number of ether oxygens (including phenoxy) is 2. The maximum absolute atomic E-state index is 12.8. The highest BCUT2D eigenvalue weighted by atomic mass is 16.5. The third-order valence-corrected chi connectivity index (χ3v) is 4.86. The van der Waals surface area contributed by atoms with Gasteiger partial charge in [-0.3, -0.25) is 9.59 Å². The van der Waals surface area contributed by atoms with Crippen molar-refractivity contribution in [2.24, 2.45) is 5.92 Å². The van der Waals surface area contributed by atoms with Crippen LogP contribution in [0.4, 0.5) is 0 Å². The summed E-state index contributed by atoms with van der Waals surface area (Å²) in [5.74, 6) is 0.489. The number of likely N-dealkylation sites (tertiary alicyclic amines) is 1. The van der Waals surface area contributed by atoms with Crippen molar-refractivity contribution in [2.75, 3.05) is 33.9 Å². The lowest BCUT2D eigenvalue weighted by atomic mass is 9.83. The molecule has 0 aliphatic carbocycles. The minimum atomic E-state index is -0.304. The summed E-state index contributed by atoms with van der Waals surface area (Å²) in [6, 6.07) is 7.36. The summed E-state index contributed by atoms with van der Waals surface area (Å²) in [5, 5.41) is 2.94. The number of nitrogens with zero attached hydrogens (tertiary/aromatic N) is 1. The predicted octanol–water partition coefficient (Wildman–Crippen LogP) is 2.54. The van der Waals surface area contributed by atoms with Crippen molar-refractivity contribution in [3.63, 3.8) is 0 Å². The molecule has 0 bridgehead atoms. The third-order valence-electron chi connectivity index (χ3n) is 4.86. The highest BCUT2D eigenvalue weighted by Crippen LogP contribution is 2.40. The lowest BCUT2D eigenvalue weighted by Gasteiger charge is -2.41. The fourth-order valence-electron chi connectivity index (χ4n) is 3.52. The molecule has 2 atom stereocenters. The summed E-state index contributed by atoms with van der Waals surface area (Å²) < 4.78 is 10.5. The van der Waals surface area contributed by atoms with Crippen LogP contribution in [0, 0.1) is 5.92 Å². The van der Waals surface area contributed by atoms with Crippen LogP contribution in [-0.4, -0.2) is 50.6 Å². The molecule has 0 saturated carbocycles. The Morgan fingerprint density at radius 2 is 2.08 bits per heavy atom. The number of amides is 2. The van der Waals surface area contributed by atoms with Gasteiger partial charge in [-0.05, 0) is 18.9 Å². The molecule has 0 radical (unpaired) electrons. The average Bonchev–Trinajstić information content (AvgIpc) is 2.66. The largest absolute Gasteiger partial charge is 0.496 e. The van der Waals surface area contributed by atoms with E-state index in [0.29, 0.717) is 38.3 Å². The normalized spacial score (nSPS) is 20.1. The summed E-state index contributed by atoms with van der Waals surface area (Å²) in [6.45, 7) is 3.69. The summed E-state index contributed by atoms with van der Waals surface area (Å²) >= 11 is 0. The molecule has 1 aliphatic heterocycles. The van der Waals surface area contributed by atoms with Crippen LogP contribution in [-0.2, 0) is 14.3 Å². The van der Waals surface area contributed by atoms with E-state index in [2.05, 4.69) is 12.2 Å². The Morgan fingerprint density at radius 1 is 1.31 bits per heavy atom. The van der Waals surface area contributed by atoms with E-state index in [0.717, 1.165) is 18.4 Å². The van der Waals surface area contributed by atoms with Gasteiger partial charge >= 0.3 is 0 Å². The first-order valence-corrected chi connectivity index (χ1v) is 9.33. The molecule has 26 heavy (non-hydrogen) atoms. The first kappa shape index (κ1) is 20.2. The van der Waals surface area contributed by atoms with Crippen LogP contribution in [0.15, 0.2) is 24.3 Å². The Hall–Kier alpha value is -2.08. The van der Waals surface area contributed by atoms with Crippen LogP contribution in [0.2, 0.25) is 0 Å². The summed E-state index contributed by atoms with van der Waals surface area (Å²) in [6.07, 6.45) is 2.85.